The Kier molecular flexibility index (Phi) is 4.69. The van der Waals surface area contributed by atoms with Crippen LogP contribution in [0, 0.1) is 0 Å². The van der Waals surface area contributed by atoms with Crippen molar-refractivity contribution in [3.05, 3.63) is 35.9 Å². The van der Waals surface area contributed by atoms with Crippen molar-refractivity contribution in [2.24, 2.45) is 5.73 Å². The lowest BCUT2D eigenvalue weighted by Gasteiger charge is -2.38. The molecule has 0 unspecified atom stereocenters. The minimum absolute atomic E-state index is 0.269. The first-order valence-corrected chi connectivity index (χ1v) is 7.57. The summed E-state index contributed by atoms with van der Waals surface area (Å²) < 4.78 is 5.45. The molecule has 2 rings (SSSR count). The molecule has 21 heavy (non-hydrogen) atoms. The van der Waals surface area contributed by atoms with Gasteiger partial charge in [-0.25, -0.2) is 0 Å². The van der Waals surface area contributed by atoms with E-state index in [1.165, 1.54) is 5.56 Å². The lowest BCUT2D eigenvalue weighted by molar-refractivity contribution is -0.163. The van der Waals surface area contributed by atoms with Crippen LogP contribution >= 0.6 is 0 Å². The van der Waals surface area contributed by atoms with Crippen molar-refractivity contribution in [2.45, 2.75) is 51.3 Å². The first kappa shape index (κ1) is 16.0. The SMILES string of the molecule is CC(C)(C)OC(=O)C1(N)CCN(Cc2ccccc2)CC1. The van der Waals surface area contributed by atoms with Crippen molar-refractivity contribution in [2.75, 3.05) is 13.1 Å². The fourth-order valence-electron chi connectivity index (χ4n) is 2.54. The molecule has 0 radical (unpaired) electrons. The van der Waals surface area contributed by atoms with Crippen LogP contribution in [-0.4, -0.2) is 35.1 Å². The fraction of sp³-hybridized carbons (Fsp3) is 0.588. The number of piperidine rings is 1. The molecule has 1 aliphatic rings. The first-order chi connectivity index (χ1) is 9.78. The number of carbonyl (C=O) groups excluding carboxylic acids is 1. The second-order valence-corrected chi connectivity index (χ2v) is 6.92. The summed E-state index contributed by atoms with van der Waals surface area (Å²) in [5, 5.41) is 0. The summed E-state index contributed by atoms with van der Waals surface area (Å²) in [4.78, 5) is 14.6. The average molecular weight is 290 g/mol. The molecule has 0 amide bonds. The Balaban J connectivity index is 1.89. The van der Waals surface area contributed by atoms with Gasteiger partial charge in [0.05, 0.1) is 0 Å². The van der Waals surface area contributed by atoms with E-state index in [4.69, 9.17) is 10.5 Å². The minimum atomic E-state index is -0.833. The molecule has 0 aliphatic carbocycles. The van der Waals surface area contributed by atoms with Crippen molar-refractivity contribution < 1.29 is 9.53 Å². The highest BCUT2D eigenvalue weighted by Gasteiger charge is 2.40. The van der Waals surface area contributed by atoms with E-state index < -0.39 is 11.1 Å². The maximum absolute atomic E-state index is 12.2. The number of hydrogen-bond acceptors (Lipinski definition) is 4. The molecule has 1 saturated heterocycles. The Labute approximate surface area is 127 Å². The lowest BCUT2D eigenvalue weighted by Crippen LogP contribution is -2.57. The van der Waals surface area contributed by atoms with Gasteiger partial charge in [0.15, 0.2) is 0 Å². The minimum Gasteiger partial charge on any atom is -0.459 e. The van der Waals surface area contributed by atoms with Gasteiger partial charge in [-0.05, 0) is 39.2 Å². The molecule has 4 heteroatoms. The third-order valence-corrected chi connectivity index (χ3v) is 3.80. The zero-order chi connectivity index (χ0) is 15.5. The molecule has 2 N–H and O–H groups in total. The number of nitrogens with zero attached hydrogens (tertiary/aromatic N) is 1. The molecular weight excluding hydrogens is 264 g/mol. The van der Waals surface area contributed by atoms with Crippen LogP contribution in [0.4, 0.5) is 0 Å². The Hall–Kier alpha value is -1.39. The molecular formula is C17H26N2O2. The van der Waals surface area contributed by atoms with Gasteiger partial charge in [0.25, 0.3) is 0 Å². The number of nitrogens with two attached hydrogens (primary N) is 1. The smallest absolute Gasteiger partial charge is 0.326 e. The number of esters is 1. The fourth-order valence-corrected chi connectivity index (χ4v) is 2.54. The maximum Gasteiger partial charge on any atom is 0.326 e. The number of ether oxygens (including phenoxy) is 1. The number of likely N-dealkylation sites (tertiary alicyclic amines) is 1. The van der Waals surface area contributed by atoms with E-state index in [1.807, 2.05) is 39.0 Å². The van der Waals surface area contributed by atoms with Crippen LogP contribution in [0.5, 0.6) is 0 Å². The molecule has 1 fully saturated rings. The maximum atomic E-state index is 12.2. The van der Waals surface area contributed by atoms with Crippen LogP contribution in [0.3, 0.4) is 0 Å². The highest BCUT2D eigenvalue weighted by atomic mass is 16.6. The predicted molar refractivity (Wildman–Crippen MR) is 83.7 cm³/mol. The van der Waals surface area contributed by atoms with E-state index in [9.17, 15) is 4.79 Å². The highest BCUT2D eigenvalue weighted by Crippen LogP contribution is 2.24. The Morgan fingerprint density at radius 3 is 2.33 bits per heavy atom. The van der Waals surface area contributed by atoms with Gasteiger partial charge in [-0.3, -0.25) is 9.69 Å². The second-order valence-electron chi connectivity index (χ2n) is 6.92. The van der Waals surface area contributed by atoms with Gasteiger partial charge >= 0.3 is 5.97 Å². The third-order valence-electron chi connectivity index (χ3n) is 3.80. The van der Waals surface area contributed by atoms with Gasteiger partial charge in [-0.1, -0.05) is 30.3 Å². The molecule has 0 aromatic heterocycles. The van der Waals surface area contributed by atoms with Gasteiger partial charge in [0.1, 0.15) is 11.1 Å². The number of carbonyl (C=O) groups is 1. The monoisotopic (exact) mass is 290 g/mol. The van der Waals surface area contributed by atoms with E-state index in [2.05, 4.69) is 17.0 Å². The molecule has 116 valence electrons. The summed E-state index contributed by atoms with van der Waals surface area (Å²) in [6.45, 7) is 8.18. The van der Waals surface area contributed by atoms with Crippen LogP contribution in [-0.2, 0) is 16.1 Å². The van der Waals surface area contributed by atoms with Crippen molar-refractivity contribution in [3.63, 3.8) is 0 Å². The molecule has 4 nitrogen and oxygen atoms in total. The molecule has 0 bridgehead atoms. The van der Waals surface area contributed by atoms with Crippen molar-refractivity contribution >= 4 is 5.97 Å². The summed E-state index contributed by atoms with van der Waals surface area (Å²) in [6, 6.07) is 10.4. The van der Waals surface area contributed by atoms with Crippen LogP contribution in [0.1, 0.15) is 39.2 Å². The number of rotatable bonds is 3. The topological polar surface area (TPSA) is 55.6 Å². The van der Waals surface area contributed by atoms with Crippen LogP contribution in [0.25, 0.3) is 0 Å². The zero-order valence-electron chi connectivity index (χ0n) is 13.3. The van der Waals surface area contributed by atoms with E-state index in [1.54, 1.807) is 0 Å². The molecule has 0 atom stereocenters. The normalized spacial score (nSPS) is 19.2. The predicted octanol–water partition coefficient (Wildman–Crippen LogP) is 2.32. The largest absolute Gasteiger partial charge is 0.459 e. The van der Waals surface area contributed by atoms with Crippen LogP contribution < -0.4 is 5.73 Å². The second kappa shape index (κ2) is 6.16. The van der Waals surface area contributed by atoms with Crippen molar-refractivity contribution in [1.29, 1.82) is 0 Å². The molecule has 0 spiro atoms. The summed E-state index contributed by atoms with van der Waals surface area (Å²) in [7, 11) is 0. The summed E-state index contributed by atoms with van der Waals surface area (Å²) in [5.74, 6) is -0.269. The number of hydrogen-bond donors (Lipinski definition) is 1. The van der Waals surface area contributed by atoms with E-state index >= 15 is 0 Å². The molecule has 1 aliphatic heterocycles. The summed E-state index contributed by atoms with van der Waals surface area (Å²) >= 11 is 0. The van der Waals surface area contributed by atoms with Crippen molar-refractivity contribution in [3.8, 4) is 0 Å². The number of benzene rings is 1. The highest BCUT2D eigenvalue weighted by molar-refractivity contribution is 5.81. The molecule has 0 saturated carbocycles. The standard InChI is InChI=1S/C17H26N2O2/c1-16(2,3)21-15(20)17(18)9-11-19(12-10-17)13-14-7-5-4-6-8-14/h4-8H,9-13,18H2,1-3H3. The van der Waals surface area contributed by atoms with Crippen LogP contribution in [0.15, 0.2) is 30.3 Å². The first-order valence-electron chi connectivity index (χ1n) is 7.57. The van der Waals surface area contributed by atoms with E-state index in [-0.39, 0.29) is 5.97 Å². The summed E-state index contributed by atoms with van der Waals surface area (Å²) in [5.41, 5.74) is 6.24. The summed E-state index contributed by atoms with van der Waals surface area (Å²) in [6.07, 6.45) is 1.30. The molecule has 1 aromatic rings. The Morgan fingerprint density at radius 1 is 1.24 bits per heavy atom. The lowest BCUT2D eigenvalue weighted by atomic mass is 9.88. The van der Waals surface area contributed by atoms with Gasteiger partial charge in [-0.15, -0.1) is 0 Å². The molecule has 1 aromatic carbocycles. The van der Waals surface area contributed by atoms with E-state index in [0.29, 0.717) is 12.8 Å². The van der Waals surface area contributed by atoms with Crippen LogP contribution in [0.2, 0.25) is 0 Å². The quantitative estimate of drug-likeness (QED) is 0.868. The third kappa shape index (κ3) is 4.55. The van der Waals surface area contributed by atoms with E-state index in [0.717, 1.165) is 19.6 Å². The van der Waals surface area contributed by atoms with Gasteiger partial charge in [0, 0.05) is 19.6 Å². The van der Waals surface area contributed by atoms with Crippen molar-refractivity contribution in [1.82, 2.24) is 4.90 Å². The van der Waals surface area contributed by atoms with Gasteiger partial charge in [0.2, 0.25) is 0 Å². The van der Waals surface area contributed by atoms with Gasteiger partial charge in [-0.2, -0.15) is 0 Å². The average Bonchev–Trinajstić information content (AvgIpc) is 2.41. The Morgan fingerprint density at radius 2 is 1.81 bits per heavy atom. The Bertz CT molecular complexity index is 471. The zero-order valence-corrected chi connectivity index (χ0v) is 13.3. The van der Waals surface area contributed by atoms with Gasteiger partial charge < -0.3 is 10.5 Å². The molecule has 1 heterocycles.